The van der Waals surface area contributed by atoms with Crippen molar-refractivity contribution in [1.82, 2.24) is 4.98 Å². The molecule has 112 valence electrons. The molecule has 0 aliphatic rings. The molecule has 1 aromatic heterocycles. The van der Waals surface area contributed by atoms with E-state index in [1.807, 2.05) is 5.38 Å². The number of carbonyl (C=O) groups excluding carboxylic acids is 1. The molecule has 2 aromatic rings. The van der Waals surface area contributed by atoms with E-state index in [1.165, 1.54) is 17.4 Å². The van der Waals surface area contributed by atoms with Crippen LogP contribution >= 0.6 is 22.9 Å². The molecule has 6 heteroatoms. The predicted molar refractivity (Wildman–Crippen MR) is 81.3 cm³/mol. The number of hydrogen-bond acceptors (Lipinski definition) is 4. The second-order valence-corrected chi connectivity index (χ2v) is 5.78. The summed E-state index contributed by atoms with van der Waals surface area (Å²) in [6.07, 6.45) is 1.24. The molecule has 1 heterocycles. The first-order valence-electron chi connectivity index (χ1n) is 6.62. The molecule has 1 aromatic carbocycles. The number of hydrogen-bond donors (Lipinski definition) is 0. The smallest absolute Gasteiger partial charge is 0.306 e. The lowest BCUT2D eigenvalue weighted by Crippen LogP contribution is -2.05. The van der Waals surface area contributed by atoms with Crippen molar-refractivity contribution in [1.29, 1.82) is 0 Å². The van der Waals surface area contributed by atoms with Crippen molar-refractivity contribution in [2.45, 2.75) is 26.2 Å². The fourth-order valence-corrected chi connectivity index (χ4v) is 2.90. The molecule has 0 radical (unpaired) electrons. The van der Waals surface area contributed by atoms with E-state index >= 15 is 0 Å². The average molecular weight is 328 g/mol. The third-order valence-corrected chi connectivity index (χ3v) is 4.05. The van der Waals surface area contributed by atoms with Gasteiger partial charge in [0.2, 0.25) is 0 Å². The van der Waals surface area contributed by atoms with Gasteiger partial charge in [0, 0.05) is 18.2 Å². The van der Waals surface area contributed by atoms with Crippen molar-refractivity contribution >= 4 is 28.9 Å². The Hall–Kier alpha value is -1.46. The molecule has 0 saturated heterocycles. The third-order valence-electron chi connectivity index (χ3n) is 2.86. The molecule has 0 unspecified atom stereocenters. The highest BCUT2D eigenvalue weighted by atomic mass is 35.5. The van der Waals surface area contributed by atoms with Gasteiger partial charge in [-0.05, 0) is 18.6 Å². The van der Waals surface area contributed by atoms with Crippen LogP contribution in [0.1, 0.15) is 29.6 Å². The van der Waals surface area contributed by atoms with Crippen LogP contribution in [0.15, 0.2) is 23.6 Å². The molecule has 3 nitrogen and oxygen atoms in total. The minimum absolute atomic E-state index is 0.117. The molecule has 0 aliphatic heterocycles. The maximum absolute atomic E-state index is 13.8. The summed E-state index contributed by atoms with van der Waals surface area (Å²) in [6.45, 7) is 2.16. The lowest BCUT2D eigenvalue weighted by atomic mass is 10.1. The fourth-order valence-electron chi connectivity index (χ4n) is 1.86. The summed E-state index contributed by atoms with van der Waals surface area (Å²) in [5.41, 5.74) is 1.35. The van der Waals surface area contributed by atoms with Gasteiger partial charge in [-0.15, -0.1) is 11.3 Å². The molecular formula is C15H15ClFNO2S. The first kappa shape index (κ1) is 15.9. The molecule has 21 heavy (non-hydrogen) atoms. The lowest BCUT2D eigenvalue weighted by molar-refractivity contribution is -0.143. The second-order valence-electron chi connectivity index (χ2n) is 4.43. The largest absolute Gasteiger partial charge is 0.466 e. The number of carbonyl (C=O) groups is 1. The predicted octanol–water partition coefficient (Wildman–Crippen LogP) is 4.02. The first-order valence-corrected chi connectivity index (χ1v) is 7.87. The van der Waals surface area contributed by atoms with Crippen LogP contribution in [0, 0.1) is 5.82 Å². The number of halogens is 2. The van der Waals surface area contributed by atoms with E-state index in [0.29, 0.717) is 31.4 Å². The fraction of sp³-hybridized carbons (Fsp3) is 0.333. The molecule has 0 bridgehead atoms. The number of thiazole rings is 1. The highest BCUT2D eigenvalue weighted by Crippen LogP contribution is 2.22. The zero-order valence-corrected chi connectivity index (χ0v) is 13.1. The number of esters is 1. The van der Waals surface area contributed by atoms with Gasteiger partial charge in [-0.3, -0.25) is 4.79 Å². The van der Waals surface area contributed by atoms with E-state index < -0.39 is 5.82 Å². The molecule has 2 rings (SSSR count). The van der Waals surface area contributed by atoms with Crippen LogP contribution < -0.4 is 0 Å². The van der Waals surface area contributed by atoms with E-state index in [9.17, 15) is 9.18 Å². The van der Waals surface area contributed by atoms with Crippen LogP contribution in [-0.2, 0) is 22.4 Å². The topological polar surface area (TPSA) is 39.2 Å². The number of ether oxygens (including phenoxy) is 1. The summed E-state index contributed by atoms with van der Waals surface area (Å²) in [7, 11) is 0. The standard InChI is InChI=1S/C15H15ClFNO2S/c1-2-20-14(19)7-6-11-9-21-13(18-11)8-10-4-3-5-12(16)15(10)17/h3-5,9H,2,6-8H2,1H3. The van der Waals surface area contributed by atoms with E-state index in [1.54, 1.807) is 19.1 Å². The summed E-state index contributed by atoms with van der Waals surface area (Å²) in [6, 6.07) is 4.93. The van der Waals surface area contributed by atoms with Crippen molar-refractivity contribution in [3.05, 3.63) is 50.7 Å². The normalized spacial score (nSPS) is 10.6. The van der Waals surface area contributed by atoms with Crippen LogP contribution in [0.25, 0.3) is 0 Å². The van der Waals surface area contributed by atoms with Crippen molar-refractivity contribution in [3.63, 3.8) is 0 Å². The number of benzene rings is 1. The molecular weight excluding hydrogens is 313 g/mol. The summed E-state index contributed by atoms with van der Waals surface area (Å²) < 4.78 is 18.7. The summed E-state index contributed by atoms with van der Waals surface area (Å²) >= 11 is 7.21. The minimum Gasteiger partial charge on any atom is -0.466 e. The number of rotatable bonds is 6. The SMILES string of the molecule is CCOC(=O)CCc1csc(Cc2cccc(Cl)c2F)n1. The van der Waals surface area contributed by atoms with Crippen LogP contribution in [-0.4, -0.2) is 17.6 Å². The van der Waals surface area contributed by atoms with Gasteiger partial charge in [0.25, 0.3) is 0 Å². The number of nitrogens with zero attached hydrogens (tertiary/aromatic N) is 1. The van der Waals surface area contributed by atoms with Crippen LogP contribution in [0.2, 0.25) is 5.02 Å². The maximum atomic E-state index is 13.8. The first-order chi connectivity index (χ1) is 10.1. The van der Waals surface area contributed by atoms with Crippen LogP contribution in [0.5, 0.6) is 0 Å². The summed E-state index contributed by atoms with van der Waals surface area (Å²) in [5, 5.41) is 2.80. The Morgan fingerprint density at radius 1 is 1.48 bits per heavy atom. The summed E-state index contributed by atoms with van der Waals surface area (Å²) in [5.74, 6) is -0.629. The average Bonchev–Trinajstić information content (AvgIpc) is 2.90. The summed E-state index contributed by atoms with van der Waals surface area (Å²) in [4.78, 5) is 15.7. The van der Waals surface area contributed by atoms with Gasteiger partial charge in [0.15, 0.2) is 0 Å². The van der Waals surface area contributed by atoms with Crippen molar-refractivity contribution in [2.24, 2.45) is 0 Å². The van der Waals surface area contributed by atoms with Gasteiger partial charge in [-0.25, -0.2) is 9.37 Å². The Kier molecular flexibility index (Phi) is 5.70. The van der Waals surface area contributed by atoms with Crippen molar-refractivity contribution < 1.29 is 13.9 Å². The van der Waals surface area contributed by atoms with E-state index in [0.717, 1.165) is 10.7 Å². The van der Waals surface area contributed by atoms with Gasteiger partial charge in [-0.1, -0.05) is 23.7 Å². The van der Waals surface area contributed by atoms with E-state index in [4.69, 9.17) is 16.3 Å². The van der Waals surface area contributed by atoms with Crippen LogP contribution in [0.4, 0.5) is 4.39 Å². The van der Waals surface area contributed by atoms with Crippen LogP contribution in [0.3, 0.4) is 0 Å². The molecule has 0 N–H and O–H groups in total. The maximum Gasteiger partial charge on any atom is 0.306 e. The Bertz CT molecular complexity index is 630. The zero-order chi connectivity index (χ0) is 15.2. The Labute approximate surface area is 131 Å². The molecule has 0 fully saturated rings. The third kappa shape index (κ3) is 4.51. The van der Waals surface area contributed by atoms with Gasteiger partial charge in [-0.2, -0.15) is 0 Å². The van der Waals surface area contributed by atoms with Crippen molar-refractivity contribution in [2.75, 3.05) is 6.61 Å². The molecule has 0 atom stereocenters. The zero-order valence-electron chi connectivity index (χ0n) is 11.6. The minimum atomic E-state index is -0.401. The second kappa shape index (κ2) is 7.52. The van der Waals surface area contributed by atoms with Gasteiger partial charge in [0.05, 0.1) is 28.8 Å². The number of aryl methyl sites for hydroxylation is 1. The van der Waals surface area contributed by atoms with Gasteiger partial charge in [0.1, 0.15) is 5.82 Å². The van der Waals surface area contributed by atoms with Gasteiger partial charge < -0.3 is 4.74 Å². The highest BCUT2D eigenvalue weighted by Gasteiger charge is 2.10. The van der Waals surface area contributed by atoms with E-state index in [-0.39, 0.29) is 11.0 Å². The van der Waals surface area contributed by atoms with E-state index in [2.05, 4.69) is 4.98 Å². The van der Waals surface area contributed by atoms with Crippen molar-refractivity contribution in [3.8, 4) is 0 Å². The number of aromatic nitrogens is 1. The highest BCUT2D eigenvalue weighted by molar-refractivity contribution is 7.09. The Balaban J connectivity index is 1.97. The molecule has 0 spiro atoms. The Morgan fingerprint density at radius 2 is 2.29 bits per heavy atom. The molecule has 0 saturated carbocycles. The van der Waals surface area contributed by atoms with Gasteiger partial charge >= 0.3 is 5.97 Å². The Morgan fingerprint density at radius 3 is 3.05 bits per heavy atom. The molecule has 0 amide bonds. The lowest BCUT2D eigenvalue weighted by Gasteiger charge is -2.02. The quantitative estimate of drug-likeness (QED) is 0.752. The monoisotopic (exact) mass is 327 g/mol. The molecule has 0 aliphatic carbocycles.